The van der Waals surface area contributed by atoms with Crippen LogP contribution in [0.25, 0.3) is 0 Å². The van der Waals surface area contributed by atoms with Crippen molar-refractivity contribution in [1.82, 2.24) is 4.31 Å². The number of nitrogen functional groups attached to an aromatic ring is 1. The van der Waals surface area contributed by atoms with E-state index in [4.69, 9.17) is 22.2 Å². The first kappa shape index (κ1) is 19.9. The molecule has 0 fully saturated rings. The fourth-order valence-corrected chi connectivity index (χ4v) is 3.23. The fraction of sp³-hybridized carbons (Fsp3) is 0.176. The summed E-state index contributed by atoms with van der Waals surface area (Å²) in [6.07, 6.45) is 0. The van der Waals surface area contributed by atoms with Gasteiger partial charge in [-0.3, -0.25) is 10.6 Å². The van der Waals surface area contributed by atoms with Gasteiger partial charge in [-0.2, -0.15) is 4.31 Å². The zero-order chi connectivity index (χ0) is 19.3. The molecule has 2 aromatic carbocycles. The average Bonchev–Trinajstić information content (AvgIpc) is 2.60. The van der Waals surface area contributed by atoms with Gasteiger partial charge in [-0.15, -0.1) is 0 Å². The lowest BCUT2D eigenvalue weighted by atomic mass is 10.2. The highest BCUT2D eigenvalue weighted by atomic mass is 35.5. The monoisotopic (exact) mass is 396 g/mol. The first-order chi connectivity index (χ1) is 12.2. The van der Waals surface area contributed by atoms with Crippen molar-refractivity contribution >= 4 is 33.4 Å². The number of sulfonamides is 1. The highest BCUT2D eigenvalue weighted by molar-refractivity contribution is 7.89. The maximum absolute atomic E-state index is 12.4. The van der Waals surface area contributed by atoms with Gasteiger partial charge in [0.05, 0.1) is 10.5 Å². The van der Waals surface area contributed by atoms with Crippen LogP contribution in [0.1, 0.15) is 11.1 Å². The Labute approximate surface area is 157 Å². The van der Waals surface area contributed by atoms with Crippen molar-refractivity contribution in [3.8, 4) is 0 Å². The zero-order valence-corrected chi connectivity index (χ0v) is 15.8. The first-order valence-corrected chi connectivity index (χ1v) is 9.39. The lowest BCUT2D eigenvalue weighted by Gasteiger charge is -2.15. The van der Waals surface area contributed by atoms with Crippen LogP contribution >= 0.6 is 11.6 Å². The van der Waals surface area contributed by atoms with Gasteiger partial charge in [-0.1, -0.05) is 34.5 Å². The molecule has 0 aromatic heterocycles. The number of nitrogens with zero attached hydrogens (tertiary/aromatic N) is 1. The Morgan fingerprint density at radius 2 is 1.73 bits per heavy atom. The van der Waals surface area contributed by atoms with E-state index in [9.17, 15) is 13.2 Å². The van der Waals surface area contributed by atoms with Gasteiger partial charge in [-0.05, 0) is 43.3 Å². The predicted octanol–water partition coefficient (Wildman–Crippen LogP) is 0.213. The fourth-order valence-electron chi connectivity index (χ4n) is 1.99. The molecule has 0 heterocycles. The molecule has 7 nitrogen and oxygen atoms in total. The van der Waals surface area contributed by atoms with Crippen LogP contribution in [0.4, 0.5) is 0 Å². The Kier molecular flexibility index (Phi) is 6.36. The van der Waals surface area contributed by atoms with Crippen molar-refractivity contribution in [3.05, 3.63) is 64.7 Å². The van der Waals surface area contributed by atoms with Crippen molar-refractivity contribution in [2.45, 2.75) is 11.8 Å². The van der Waals surface area contributed by atoms with Crippen molar-refractivity contribution in [1.29, 1.82) is 0 Å². The summed E-state index contributed by atoms with van der Waals surface area (Å²) in [5, 5.41) is 2.85. The Morgan fingerprint density at radius 3 is 2.31 bits per heavy atom. The zero-order valence-electron chi connectivity index (χ0n) is 14.3. The molecule has 0 radical (unpaired) electrons. The molecule has 2 rings (SSSR count). The Bertz CT molecular complexity index is 910. The molecule has 0 spiro atoms. The van der Waals surface area contributed by atoms with Gasteiger partial charge in [0.1, 0.15) is 6.54 Å². The number of aryl methyl sites for hydroxylation is 1. The van der Waals surface area contributed by atoms with Gasteiger partial charge < -0.3 is 0 Å². The molecule has 0 atom stereocenters. The van der Waals surface area contributed by atoms with Crippen molar-refractivity contribution in [2.24, 2.45) is 5.73 Å². The van der Waals surface area contributed by atoms with Gasteiger partial charge in [0.2, 0.25) is 10.0 Å². The summed E-state index contributed by atoms with van der Waals surface area (Å²) in [5.41, 5.74) is 7.27. The third-order valence-electron chi connectivity index (χ3n) is 3.51. The van der Waals surface area contributed by atoms with Gasteiger partial charge in [-0.25, -0.2) is 13.2 Å². The van der Waals surface area contributed by atoms with E-state index in [0.717, 1.165) is 9.87 Å². The topological polar surface area (TPSA) is 104 Å². The van der Waals surface area contributed by atoms with Crippen LogP contribution in [0.3, 0.4) is 0 Å². The third-order valence-corrected chi connectivity index (χ3v) is 5.58. The minimum absolute atomic E-state index is 0.0959. The highest BCUT2D eigenvalue weighted by Crippen LogP contribution is 2.14. The van der Waals surface area contributed by atoms with Crippen molar-refractivity contribution in [2.75, 3.05) is 13.6 Å². The molecule has 138 valence electrons. The maximum Gasteiger partial charge on any atom is 0.372 e. The van der Waals surface area contributed by atoms with Crippen LogP contribution in [0.2, 0.25) is 5.02 Å². The summed E-state index contributed by atoms with van der Waals surface area (Å²) < 4.78 is 25.8. The first-order valence-electron chi connectivity index (χ1n) is 7.57. The third kappa shape index (κ3) is 5.04. The lowest BCUT2D eigenvalue weighted by molar-refractivity contribution is -0.723. The van der Waals surface area contributed by atoms with E-state index in [2.05, 4.69) is 5.16 Å². The summed E-state index contributed by atoms with van der Waals surface area (Å²) >= 11 is 5.78. The number of likely N-dealkylation sites (N-methyl/N-ethyl adjacent to an activating group) is 1. The normalized spacial score (nSPS) is 12.2. The SMILES string of the molecule is Cc1ccc(S(=O)(=O)N(C)CC(=O)O[NH+]=C(N)c2ccc(Cl)cc2)cc1. The van der Waals surface area contributed by atoms with Gasteiger partial charge in [0.15, 0.2) is 0 Å². The van der Waals surface area contributed by atoms with E-state index >= 15 is 0 Å². The minimum Gasteiger partial charge on any atom is -0.284 e. The Morgan fingerprint density at radius 1 is 1.15 bits per heavy atom. The number of halogens is 1. The average molecular weight is 397 g/mol. The number of nitrogens with one attached hydrogen (secondary N) is 1. The quantitative estimate of drug-likeness (QED) is 0.314. The molecular weight excluding hydrogens is 378 g/mol. The number of benzene rings is 2. The molecule has 2 aromatic rings. The van der Waals surface area contributed by atoms with Crippen LogP contribution in [0.15, 0.2) is 53.4 Å². The molecule has 0 aliphatic rings. The molecule has 0 amide bonds. The molecule has 0 unspecified atom stereocenters. The van der Waals surface area contributed by atoms with Gasteiger partial charge >= 0.3 is 11.8 Å². The van der Waals surface area contributed by atoms with Crippen LogP contribution in [0.5, 0.6) is 0 Å². The highest BCUT2D eigenvalue weighted by Gasteiger charge is 2.24. The summed E-state index contributed by atoms with van der Waals surface area (Å²) in [4.78, 5) is 16.8. The molecule has 9 heteroatoms. The van der Waals surface area contributed by atoms with E-state index < -0.39 is 22.5 Å². The molecular formula is C17H19ClN3O4S+. The number of amidine groups is 1. The maximum atomic E-state index is 12.4. The molecule has 26 heavy (non-hydrogen) atoms. The Balaban J connectivity index is 2.01. The van der Waals surface area contributed by atoms with Crippen LogP contribution < -0.4 is 10.9 Å². The number of hydrogen-bond donors (Lipinski definition) is 2. The summed E-state index contributed by atoms with van der Waals surface area (Å²) in [6, 6.07) is 12.9. The lowest BCUT2D eigenvalue weighted by Crippen LogP contribution is -2.76. The minimum atomic E-state index is -3.79. The second kappa shape index (κ2) is 8.31. The number of nitrogens with two attached hydrogens (primary N) is 1. The molecule has 0 saturated carbocycles. The van der Waals surface area contributed by atoms with Crippen molar-refractivity contribution in [3.63, 3.8) is 0 Å². The molecule has 0 bridgehead atoms. The Hall–Kier alpha value is -2.42. The molecule has 0 saturated heterocycles. The number of carbonyl (C=O) groups excluding carboxylic acids is 1. The number of rotatable bonds is 6. The second-order valence-electron chi connectivity index (χ2n) is 5.57. The predicted molar refractivity (Wildman–Crippen MR) is 97.8 cm³/mol. The molecule has 3 N–H and O–H groups in total. The molecule has 0 aliphatic heterocycles. The van der Waals surface area contributed by atoms with Crippen LogP contribution in [-0.2, 0) is 19.7 Å². The van der Waals surface area contributed by atoms with Gasteiger partial charge in [0.25, 0.3) is 0 Å². The van der Waals surface area contributed by atoms with Crippen molar-refractivity contribution < 1.29 is 23.2 Å². The standard InChI is InChI=1S/C17H18ClN3O4S/c1-12-3-9-15(10-4-12)26(23,24)21(2)11-16(22)25-20-17(19)13-5-7-14(18)8-6-13/h3-10H,11H2,1-2H3,(H2,19,20)/p+1. The van der Waals surface area contributed by atoms with E-state index in [1.807, 2.05) is 6.92 Å². The largest absolute Gasteiger partial charge is 0.372 e. The van der Waals surface area contributed by atoms with E-state index in [-0.39, 0.29) is 10.7 Å². The number of hydrogen-bond acceptors (Lipinski definition) is 4. The second-order valence-corrected chi connectivity index (χ2v) is 8.05. The van der Waals surface area contributed by atoms with E-state index in [0.29, 0.717) is 10.6 Å². The van der Waals surface area contributed by atoms with Crippen LogP contribution in [0, 0.1) is 6.92 Å². The van der Waals surface area contributed by atoms with Gasteiger partial charge in [0, 0.05) is 12.1 Å². The summed E-state index contributed by atoms with van der Waals surface area (Å²) in [6.45, 7) is 1.38. The summed E-state index contributed by atoms with van der Waals surface area (Å²) in [7, 11) is -2.50. The summed E-state index contributed by atoms with van der Waals surface area (Å²) in [5.74, 6) is -0.709. The van der Waals surface area contributed by atoms with Crippen LogP contribution in [-0.4, -0.2) is 38.1 Å². The smallest absolute Gasteiger partial charge is 0.284 e. The number of carbonyl (C=O) groups is 1. The van der Waals surface area contributed by atoms with E-state index in [1.165, 1.54) is 19.2 Å². The van der Waals surface area contributed by atoms with E-state index in [1.54, 1.807) is 36.4 Å². The molecule has 0 aliphatic carbocycles.